The molecule has 0 bridgehead atoms. The van der Waals surface area contributed by atoms with Gasteiger partial charge in [0, 0.05) is 5.92 Å². The molecule has 100 valence electrons. The number of benzene rings is 2. The fraction of sp³-hybridized carbons (Fsp3) is 0.333. The summed E-state index contributed by atoms with van der Waals surface area (Å²) in [5.74, 6) is 0.405. The second-order valence-corrected chi connectivity index (χ2v) is 5.41. The third-order valence-corrected chi connectivity index (χ3v) is 3.97. The van der Waals surface area contributed by atoms with Crippen LogP contribution < -0.4 is 5.73 Å². The van der Waals surface area contributed by atoms with Crippen molar-refractivity contribution in [2.24, 2.45) is 5.73 Å². The maximum absolute atomic E-state index is 5.97. The van der Waals surface area contributed by atoms with E-state index in [4.69, 9.17) is 5.73 Å². The molecule has 0 spiro atoms. The van der Waals surface area contributed by atoms with Gasteiger partial charge in [-0.25, -0.2) is 0 Å². The predicted octanol–water partition coefficient (Wildman–Crippen LogP) is 3.90. The second kappa shape index (κ2) is 6.03. The van der Waals surface area contributed by atoms with Crippen molar-refractivity contribution < 1.29 is 0 Å². The maximum Gasteiger partial charge on any atom is 0.000167 e. The average molecular weight is 253 g/mol. The van der Waals surface area contributed by atoms with E-state index in [1.165, 1.54) is 27.8 Å². The van der Waals surface area contributed by atoms with E-state index in [0.717, 1.165) is 6.42 Å². The van der Waals surface area contributed by atoms with Crippen molar-refractivity contribution in [1.29, 1.82) is 0 Å². The zero-order valence-electron chi connectivity index (χ0n) is 12.1. The Bertz CT molecular complexity index is 543. The van der Waals surface area contributed by atoms with Gasteiger partial charge in [-0.2, -0.15) is 0 Å². The minimum atomic E-state index is 0.405. The lowest BCUT2D eigenvalue weighted by atomic mass is 9.89. The smallest absolute Gasteiger partial charge is 0.000167 e. The van der Waals surface area contributed by atoms with Gasteiger partial charge >= 0.3 is 0 Å². The summed E-state index contributed by atoms with van der Waals surface area (Å²) < 4.78 is 0. The highest BCUT2D eigenvalue weighted by Crippen LogP contribution is 2.23. The molecule has 0 aromatic heterocycles. The van der Waals surface area contributed by atoms with Gasteiger partial charge in [-0.15, -0.1) is 0 Å². The second-order valence-electron chi connectivity index (χ2n) is 5.41. The van der Waals surface area contributed by atoms with Gasteiger partial charge in [0.05, 0.1) is 0 Å². The Morgan fingerprint density at radius 3 is 2.16 bits per heavy atom. The molecule has 1 nitrogen and oxygen atoms in total. The normalized spacial score (nSPS) is 12.4. The first-order valence-electron chi connectivity index (χ1n) is 6.93. The molecule has 2 aromatic rings. The largest absolute Gasteiger partial charge is 0.330 e. The van der Waals surface area contributed by atoms with E-state index in [1.807, 2.05) is 0 Å². The third kappa shape index (κ3) is 3.24. The Labute approximate surface area is 116 Å². The van der Waals surface area contributed by atoms with Crippen LogP contribution in [0.25, 0.3) is 0 Å². The van der Waals surface area contributed by atoms with E-state index in [9.17, 15) is 0 Å². The van der Waals surface area contributed by atoms with E-state index in [-0.39, 0.29) is 0 Å². The van der Waals surface area contributed by atoms with Gasteiger partial charge in [-0.3, -0.25) is 0 Å². The van der Waals surface area contributed by atoms with Gasteiger partial charge in [0.25, 0.3) is 0 Å². The SMILES string of the molecule is Cc1cc(C)c(CC(CN)c2ccccc2)cc1C. The van der Waals surface area contributed by atoms with Gasteiger partial charge in [-0.1, -0.05) is 42.5 Å². The molecule has 2 aromatic carbocycles. The molecule has 1 heteroatoms. The fourth-order valence-corrected chi connectivity index (χ4v) is 2.57. The molecule has 0 radical (unpaired) electrons. The molecule has 2 N–H and O–H groups in total. The van der Waals surface area contributed by atoms with Crippen molar-refractivity contribution in [2.45, 2.75) is 33.1 Å². The van der Waals surface area contributed by atoms with Gasteiger partial charge in [0.2, 0.25) is 0 Å². The molecule has 0 aliphatic carbocycles. The number of hydrogen-bond donors (Lipinski definition) is 1. The average Bonchev–Trinajstić information content (AvgIpc) is 2.42. The van der Waals surface area contributed by atoms with Crippen LogP contribution >= 0.6 is 0 Å². The van der Waals surface area contributed by atoms with Crippen LogP contribution in [0.4, 0.5) is 0 Å². The molecule has 0 aliphatic rings. The summed E-state index contributed by atoms with van der Waals surface area (Å²) in [4.78, 5) is 0. The van der Waals surface area contributed by atoms with Crippen LogP contribution in [0, 0.1) is 20.8 Å². The lowest BCUT2D eigenvalue weighted by Crippen LogP contribution is -2.15. The highest BCUT2D eigenvalue weighted by molar-refractivity contribution is 5.38. The Balaban J connectivity index is 2.26. The zero-order chi connectivity index (χ0) is 13.8. The number of rotatable bonds is 4. The lowest BCUT2D eigenvalue weighted by molar-refractivity contribution is 0.691. The summed E-state index contributed by atoms with van der Waals surface area (Å²) in [6, 6.07) is 15.2. The fourth-order valence-electron chi connectivity index (χ4n) is 2.57. The number of nitrogens with two attached hydrogens (primary N) is 1. The first-order chi connectivity index (χ1) is 9.11. The lowest BCUT2D eigenvalue weighted by Gasteiger charge is -2.18. The number of hydrogen-bond acceptors (Lipinski definition) is 1. The van der Waals surface area contributed by atoms with E-state index in [2.05, 4.69) is 63.2 Å². The summed E-state index contributed by atoms with van der Waals surface area (Å²) in [7, 11) is 0. The molecule has 1 atom stereocenters. The van der Waals surface area contributed by atoms with Crippen LogP contribution in [0.15, 0.2) is 42.5 Å². The molecule has 0 saturated heterocycles. The molecular formula is C18H23N. The topological polar surface area (TPSA) is 26.0 Å². The Morgan fingerprint density at radius 2 is 1.53 bits per heavy atom. The van der Waals surface area contributed by atoms with Crippen LogP contribution in [0.5, 0.6) is 0 Å². The Kier molecular flexibility index (Phi) is 4.39. The zero-order valence-corrected chi connectivity index (χ0v) is 12.1. The van der Waals surface area contributed by atoms with E-state index >= 15 is 0 Å². The molecule has 19 heavy (non-hydrogen) atoms. The quantitative estimate of drug-likeness (QED) is 0.878. The minimum absolute atomic E-state index is 0.405. The van der Waals surface area contributed by atoms with Crippen LogP contribution in [-0.2, 0) is 6.42 Å². The standard InChI is InChI=1S/C18H23N/c1-13-9-15(3)17(10-14(13)2)11-18(12-19)16-7-5-4-6-8-16/h4-10,18H,11-12,19H2,1-3H3. The van der Waals surface area contributed by atoms with Gasteiger partial charge in [0.15, 0.2) is 0 Å². The predicted molar refractivity (Wildman–Crippen MR) is 82.6 cm³/mol. The van der Waals surface area contributed by atoms with Gasteiger partial charge in [0.1, 0.15) is 0 Å². The molecule has 0 saturated carbocycles. The molecule has 0 amide bonds. The molecule has 2 rings (SSSR count). The highest BCUT2D eigenvalue weighted by Gasteiger charge is 2.12. The summed E-state index contributed by atoms with van der Waals surface area (Å²) in [6.07, 6.45) is 1.02. The van der Waals surface area contributed by atoms with Crippen molar-refractivity contribution in [3.05, 3.63) is 70.3 Å². The van der Waals surface area contributed by atoms with E-state index in [0.29, 0.717) is 12.5 Å². The van der Waals surface area contributed by atoms with Gasteiger partial charge in [-0.05, 0) is 61.6 Å². The van der Waals surface area contributed by atoms with Crippen LogP contribution in [0.3, 0.4) is 0 Å². The monoisotopic (exact) mass is 253 g/mol. The molecular weight excluding hydrogens is 230 g/mol. The van der Waals surface area contributed by atoms with Crippen molar-refractivity contribution in [3.8, 4) is 0 Å². The van der Waals surface area contributed by atoms with E-state index in [1.54, 1.807) is 0 Å². The highest BCUT2D eigenvalue weighted by atomic mass is 14.5. The molecule has 0 fully saturated rings. The van der Waals surface area contributed by atoms with Crippen molar-refractivity contribution >= 4 is 0 Å². The third-order valence-electron chi connectivity index (χ3n) is 3.97. The minimum Gasteiger partial charge on any atom is -0.330 e. The first-order valence-corrected chi connectivity index (χ1v) is 6.93. The molecule has 0 heterocycles. The summed E-state index contributed by atoms with van der Waals surface area (Å²) in [5, 5.41) is 0. The van der Waals surface area contributed by atoms with Crippen LogP contribution in [0.2, 0.25) is 0 Å². The van der Waals surface area contributed by atoms with Crippen molar-refractivity contribution in [2.75, 3.05) is 6.54 Å². The molecule has 1 unspecified atom stereocenters. The number of aryl methyl sites for hydroxylation is 3. The maximum atomic E-state index is 5.97. The Morgan fingerprint density at radius 1 is 0.895 bits per heavy atom. The van der Waals surface area contributed by atoms with Gasteiger partial charge < -0.3 is 5.73 Å². The van der Waals surface area contributed by atoms with E-state index < -0.39 is 0 Å². The molecule has 0 aliphatic heterocycles. The van der Waals surface area contributed by atoms with Crippen LogP contribution in [0.1, 0.15) is 33.7 Å². The van der Waals surface area contributed by atoms with Crippen LogP contribution in [-0.4, -0.2) is 6.54 Å². The first kappa shape index (κ1) is 13.8. The summed E-state index contributed by atoms with van der Waals surface area (Å²) in [5.41, 5.74) is 12.8. The van der Waals surface area contributed by atoms with Crippen molar-refractivity contribution in [3.63, 3.8) is 0 Å². The summed E-state index contributed by atoms with van der Waals surface area (Å²) >= 11 is 0. The summed E-state index contributed by atoms with van der Waals surface area (Å²) in [6.45, 7) is 7.23. The van der Waals surface area contributed by atoms with Crippen molar-refractivity contribution in [1.82, 2.24) is 0 Å². The Hall–Kier alpha value is -1.60.